The van der Waals surface area contributed by atoms with Gasteiger partial charge in [-0.1, -0.05) is 12.1 Å². The van der Waals surface area contributed by atoms with Crippen molar-refractivity contribution in [2.24, 2.45) is 0 Å². The number of aryl methyl sites for hydroxylation is 1. The number of piperidine rings is 1. The number of fused-ring (bicyclic) bond motifs is 1. The van der Waals surface area contributed by atoms with Crippen LogP contribution in [0.25, 0.3) is 0 Å². The molecule has 0 atom stereocenters. The summed E-state index contributed by atoms with van der Waals surface area (Å²) in [6.45, 7) is 4.34. The summed E-state index contributed by atoms with van der Waals surface area (Å²) in [7, 11) is 3.83. The molecule has 7 nitrogen and oxygen atoms in total. The van der Waals surface area contributed by atoms with Crippen LogP contribution in [0.3, 0.4) is 0 Å². The van der Waals surface area contributed by atoms with Gasteiger partial charge in [0.15, 0.2) is 5.82 Å². The van der Waals surface area contributed by atoms with E-state index in [9.17, 15) is 4.79 Å². The molecule has 150 valence electrons. The number of ether oxygens (including phenoxy) is 1. The number of aromatic nitrogens is 3. The number of rotatable bonds is 5. The Morgan fingerprint density at radius 1 is 1.11 bits per heavy atom. The molecule has 0 saturated carbocycles. The molecule has 1 amide bonds. The highest BCUT2D eigenvalue weighted by atomic mass is 16.5. The molecule has 2 aliphatic rings. The van der Waals surface area contributed by atoms with Crippen LogP contribution >= 0.6 is 0 Å². The van der Waals surface area contributed by atoms with Gasteiger partial charge in [-0.25, -0.2) is 0 Å². The zero-order valence-electron chi connectivity index (χ0n) is 16.8. The number of nitrogens with zero attached hydrogens (tertiary/aromatic N) is 5. The van der Waals surface area contributed by atoms with Crippen LogP contribution in [0.15, 0.2) is 24.3 Å². The highest BCUT2D eigenvalue weighted by Crippen LogP contribution is 2.28. The predicted octanol–water partition coefficient (Wildman–Crippen LogP) is 2.07. The highest BCUT2D eigenvalue weighted by Gasteiger charge is 2.29. The van der Waals surface area contributed by atoms with Gasteiger partial charge in [0.25, 0.3) is 0 Å². The molecule has 2 aliphatic heterocycles. The van der Waals surface area contributed by atoms with Crippen LogP contribution in [0.4, 0.5) is 0 Å². The lowest BCUT2D eigenvalue weighted by atomic mass is 9.96. The quantitative estimate of drug-likeness (QED) is 0.791. The lowest BCUT2D eigenvalue weighted by Gasteiger charge is -2.31. The standard InChI is InChI=1S/C21H29N5O2/c1-24-11-9-17(10-12-24)21-23-22-19-15-25(13-14-26(19)21)20(27)8-5-16-3-6-18(28-2)7-4-16/h3-4,6-7,17H,5,8-15H2,1-2H3. The molecule has 0 N–H and O–H groups in total. The molecular weight excluding hydrogens is 354 g/mol. The Labute approximate surface area is 166 Å². The lowest BCUT2D eigenvalue weighted by molar-refractivity contribution is -0.132. The average Bonchev–Trinajstić information content (AvgIpc) is 3.16. The first-order chi connectivity index (χ1) is 13.6. The van der Waals surface area contributed by atoms with Crippen LogP contribution in [0, 0.1) is 0 Å². The summed E-state index contributed by atoms with van der Waals surface area (Å²) >= 11 is 0. The Bertz CT molecular complexity index is 809. The predicted molar refractivity (Wildman–Crippen MR) is 106 cm³/mol. The first-order valence-corrected chi connectivity index (χ1v) is 10.2. The number of benzene rings is 1. The van der Waals surface area contributed by atoms with Crippen LogP contribution in [0.1, 0.15) is 42.4 Å². The van der Waals surface area contributed by atoms with Crippen LogP contribution in [0.2, 0.25) is 0 Å². The molecule has 1 aromatic heterocycles. The SMILES string of the molecule is COc1ccc(CCC(=O)N2CCn3c(nnc3C3CCN(C)CC3)C2)cc1. The monoisotopic (exact) mass is 383 g/mol. The molecular formula is C21H29N5O2. The van der Waals surface area contributed by atoms with E-state index in [4.69, 9.17) is 4.74 Å². The lowest BCUT2D eigenvalue weighted by Crippen LogP contribution is -2.39. The molecule has 7 heteroatoms. The minimum absolute atomic E-state index is 0.186. The Kier molecular flexibility index (Phi) is 5.62. The van der Waals surface area contributed by atoms with E-state index in [1.807, 2.05) is 29.2 Å². The van der Waals surface area contributed by atoms with E-state index in [2.05, 4.69) is 26.7 Å². The van der Waals surface area contributed by atoms with Crippen molar-refractivity contribution in [2.45, 2.75) is 44.7 Å². The van der Waals surface area contributed by atoms with Gasteiger partial charge in [0.05, 0.1) is 13.7 Å². The topological polar surface area (TPSA) is 63.5 Å². The number of hydrogen-bond donors (Lipinski definition) is 0. The second-order valence-electron chi connectivity index (χ2n) is 7.87. The van der Waals surface area contributed by atoms with Crippen molar-refractivity contribution in [3.63, 3.8) is 0 Å². The van der Waals surface area contributed by atoms with E-state index < -0.39 is 0 Å². The molecule has 1 aromatic carbocycles. The fourth-order valence-electron chi connectivity index (χ4n) is 4.16. The summed E-state index contributed by atoms with van der Waals surface area (Å²) in [4.78, 5) is 17.0. The van der Waals surface area contributed by atoms with Crippen LogP contribution < -0.4 is 4.74 Å². The first kappa shape index (κ1) is 18.9. The number of hydrogen-bond acceptors (Lipinski definition) is 5. The molecule has 28 heavy (non-hydrogen) atoms. The number of likely N-dealkylation sites (tertiary alicyclic amines) is 1. The van der Waals surface area contributed by atoms with Crippen molar-refractivity contribution in [3.8, 4) is 5.75 Å². The van der Waals surface area contributed by atoms with E-state index in [1.54, 1.807) is 7.11 Å². The average molecular weight is 383 g/mol. The molecule has 0 unspecified atom stereocenters. The van der Waals surface area contributed by atoms with Gasteiger partial charge < -0.3 is 19.1 Å². The van der Waals surface area contributed by atoms with E-state index in [1.165, 1.54) is 0 Å². The van der Waals surface area contributed by atoms with Crippen LogP contribution in [0.5, 0.6) is 5.75 Å². The third-order valence-corrected chi connectivity index (χ3v) is 6.00. The largest absolute Gasteiger partial charge is 0.497 e. The smallest absolute Gasteiger partial charge is 0.223 e. The summed E-state index contributed by atoms with van der Waals surface area (Å²) in [5.74, 6) is 3.57. The van der Waals surface area contributed by atoms with Gasteiger partial charge in [-0.15, -0.1) is 10.2 Å². The zero-order chi connectivity index (χ0) is 19.5. The van der Waals surface area contributed by atoms with Crippen molar-refractivity contribution in [3.05, 3.63) is 41.5 Å². The van der Waals surface area contributed by atoms with E-state index >= 15 is 0 Å². The first-order valence-electron chi connectivity index (χ1n) is 10.2. The maximum absolute atomic E-state index is 12.7. The van der Waals surface area contributed by atoms with Gasteiger partial charge in [0.1, 0.15) is 11.6 Å². The highest BCUT2D eigenvalue weighted by molar-refractivity contribution is 5.76. The van der Waals surface area contributed by atoms with Crippen molar-refractivity contribution in [1.29, 1.82) is 0 Å². The minimum Gasteiger partial charge on any atom is -0.497 e. The third kappa shape index (κ3) is 4.04. The minimum atomic E-state index is 0.186. The fraction of sp³-hybridized carbons (Fsp3) is 0.571. The summed E-state index contributed by atoms with van der Waals surface area (Å²) in [5, 5.41) is 8.91. The van der Waals surface area contributed by atoms with E-state index in [-0.39, 0.29) is 5.91 Å². The van der Waals surface area contributed by atoms with Crippen molar-refractivity contribution in [1.82, 2.24) is 24.6 Å². The summed E-state index contributed by atoms with van der Waals surface area (Å²) in [6.07, 6.45) is 3.54. The zero-order valence-corrected chi connectivity index (χ0v) is 16.8. The molecule has 3 heterocycles. The second-order valence-corrected chi connectivity index (χ2v) is 7.87. The number of carbonyl (C=O) groups excluding carboxylic acids is 1. The molecule has 2 aromatic rings. The number of methoxy groups -OCH3 is 1. The molecule has 0 radical (unpaired) electrons. The van der Waals surface area contributed by atoms with Gasteiger partial charge in [0, 0.05) is 25.4 Å². The third-order valence-electron chi connectivity index (χ3n) is 6.00. The van der Waals surface area contributed by atoms with Gasteiger partial charge in [-0.05, 0) is 57.1 Å². The van der Waals surface area contributed by atoms with Crippen LogP contribution in [-0.2, 0) is 24.3 Å². The van der Waals surface area contributed by atoms with Gasteiger partial charge in [-0.2, -0.15) is 0 Å². The molecule has 0 spiro atoms. The van der Waals surface area contributed by atoms with Crippen molar-refractivity contribution >= 4 is 5.91 Å². The number of amides is 1. The van der Waals surface area contributed by atoms with Crippen LogP contribution in [-0.4, -0.2) is 64.3 Å². The van der Waals surface area contributed by atoms with Gasteiger partial charge in [0.2, 0.25) is 5.91 Å². The Hall–Kier alpha value is -2.41. The maximum atomic E-state index is 12.7. The van der Waals surface area contributed by atoms with Gasteiger partial charge >= 0.3 is 0 Å². The number of carbonyl (C=O) groups is 1. The Morgan fingerprint density at radius 2 is 1.86 bits per heavy atom. The van der Waals surface area contributed by atoms with E-state index in [0.29, 0.717) is 18.9 Å². The van der Waals surface area contributed by atoms with Gasteiger partial charge in [-0.3, -0.25) is 4.79 Å². The summed E-state index contributed by atoms with van der Waals surface area (Å²) in [6, 6.07) is 7.92. The Balaban J connectivity index is 1.34. The molecule has 0 aliphatic carbocycles. The fourth-order valence-corrected chi connectivity index (χ4v) is 4.16. The maximum Gasteiger partial charge on any atom is 0.223 e. The Morgan fingerprint density at radius 3 is 2.57 bits per heavy atom. The van der Waals surface area contributed by atoms with Crippen molar-refractivity contribution < 1.29 is 9.53 Å². The molecule has 0 bridgehead atoms. The van der Waals surface area contributed by atoms with Crippen molar-refractivity contribution in [2.75, 3.05) is 33.8 Å². The molecule has 1 saturated heterocycles. The molecule has 4 rings (SSSR count). The molecule has 1 fully saturated rings. The second kappa shape index (κ2) is 8.31. The normalized spacial score (nSPS) is 18.1. The summed E-state index contributed by atoms with van der Waals surface area (Å²) < 4.78 is 7.43. The van der Waals surface area contributed by atoms with E-state index in [0.717, 1.165) is 68.4 Å². The summed E-state index contributed by atoms with van der Waals surface area (Å²) in [5.41, 5.74) is 1.15.